The second kappa shape index (κ2) is 6.92. The predicted molar refractivity (Wildman–Crippen MR) is 80.8 cm³/mol. The van der Waals surface area contributed by atoms with Crippen LogP contribution in [0.5, 0.6) is 0 Å². The molecule has 0 aromatic heterocycles. The van der Waals surface area contributed by atoms with Crippen LogP contribution in [0.1, 0.15) is 30.9 Å². The first kappa shape index (κ1) is 14.4. The molecule has 0 aliphatic heterocycles. The SMILES string of the molecule is CCNCc1ccc(N(CCOC)C2CC2)cc1C. The van der Waals surface area contributed by atoms with Crippen molar-refractivity contribution in [3.8, 4) is 0 Å². The fourth-order valence-corrected chi connectivity index (χ4v) is 2.42. The summed E-state index contributed by atoms with van der Waals surface area (Å²) in [6.07, 6.45) is 2.64. The van der Waals surface area contributed by atoms with Crippen LogP contribution in [0.2, 0.25) is 0 Å². The predicted octanol–water partition coefficient (Wildman–Crippen LogP) is 2.72. The molecule has 0 bridgehead atoms. The Bertz CT molecular complexity index is 402. The van der Waals surface area contributed by atoms with Crippen LogP contribution < -0.4 is 10.2 Å². The number of hydrogen-bond acceptors (Lipinski definition) is 3. The first-order valence-corrected chi connectivity index (χ1v) is 7.32. The summed E-state index contributed by atoms with van der Waals surface area (Å²) in [5, 5.41) is 3.39. The van der Waals surface area contributed by atoms with Crippen molar-refractivity contribution in [2.45, 2.75) is 39.3 Å². The van der Waals surface area contributed by atoms with Crippen LogP contribution in [0.3, 0.4) is 0 Å². The van der Waals surface area contributed by atoms with Gasteiger partial charge in [-0.2, -0.15) is 0 Å². The molecule has 0 unspecified atom stereocenters. The number of nitrogens with zero attached hydrogens (tertiary/aromatic N) is 1. The number of methoxy groups -OCH3 is 1. The fourth-order valence-electron chi connectivity index (χ4n) is 2.42. The van der Waals surface area contributed by atoms with E-state index in [0.717, 1.165) is 32.3 Å². The van der Waals surface area contributed by atoms with Gasteiger partial charge in [0.05, 0.1) is 6.61 Å². The van der Waals surface area contributed by atoms with Gasteiger partial charge in [-0.1, -0.05) is 13.0 Å². The molecule has 0 spiro atoms. The first-order valence-electron chi connectivity index (χ1n) is 7.32. The minimum absolute atomic E-state index is 0.731. The zero-order valence-electron chi connectivity index (χ0n) is 12.4. The van der Waals surface area contributed by atoms with E-state index >= 15 is 0 Å². The lowest BCUT2D eigenvalue weighted by Crippen LogP contribution is -2.29. The van der Waals surface area contributed by atoms with Gasteiger partial charge in [-0.3, -0.25) is 0 Å². The average molecular weight is 262 g/mol. The summed E-state index contributed by atoms with van der Waals surface area (Å²) < 4.78 is 5.23. The maximum atomic E-state index is 5.23. The van der Waals surface area contributed by atoms with E-state index in [9.17, 15) is 0 Å². The number of anilines is 1. The van der Waals surface area contributed by atoms with Crippen LogP contribution in [0.4, 0.5) is 5.69 Å². The van der Waals surface area contributed by atoms with Gasteiger partial charge in [0, 0.05) is 31.9 Å². The maximum absolute atomic E-state index is 5.23. The van der Waals surface area contributed by atoms with Crippen LogP contribution in [-0.4, -0.2) is 32.8 Å². The monoisotopic (exact) mass is 262 g/mol. The molecule has 1 saturated carbocycles. The topological polar surface area (TPSA) is 24.5 Å². The lowest BCUT2D eigenvalue weighted by molar-refractivity contribution is 0.205. The molecule has 0 atom stereocenters. The Hall–Kier alpha value is -1.06. The highest BCUT2D eigenvalue weighted by Gasteiger charge is 2.29. The standard InChI is InChI=1S/C16H26N2O/c1-4-17-12-14-5-6-16(11-13(14)2)18(9-10-19-3)15-7-8-15/h5-6,11,15,17H,4,7-10,12H2,1-3H3. The van der Waals surface area contributed by atoms with Crippen LogP contribution in [0, 0.1) is 6.92 Å². The zero-order chi connectivity index (χ0) is 13.7. The van der Waals surface area contributed by atoms with Gasteiger partial charge in [0.15, 0.2) is 0 Å². The van der Waals surface area contributed by atoms with Gasteiger partial charge in [0.1, 0.15) is 0 Å². The Balaban J connectivity index is 2.07. The quantitative estimate of drug-likeness (QED) is 0.779. The molecule has 1 aromatic rings. The Morgan fingerprint density at radius 3 is 2.74 bits per heavy atom. The third kappa shape index (κ3) is 3.95. The van der Waals surface area contributed by atoms with E-state index in [-0.39, 0.29) is 0 Å². The lowest BCUT2D eigenvalue weighted by atomic mass is 10.1. The number of hydrogen-bond donors (Lipinski definition) is 1. The zero-order valence-corrected chi connectivity index (χ0v) is 12.4. The molecular formula is C16H26N2O. The number of benzene rings is 1. The van der Waals surface area contributed by atoms with Crippen molar-refractivity contribution >= 4 is 5.69 Å². The molecule has 0 amide bonds. The molecule has 1 aliphatic rings. The van der Waals surface area contributed by atoms with E-state index < -0.39 is 0 Å². The van der Waals surface area contributed by atoms with Crippen LogP contribution in [0.25, 0.3) is 0 Å². The molecule has 1 aromatic carbocycles. The summed E-state index contributed by atoms with van der Waals surface area (Å²) in [4.78, 5) is 2.49. The Labute approximate surface area is 116 Å². The molecule has 0 radical (unpaired) electrons. The highest BCUT2D eigenvalue weighted by Crippen LogP contribution is 2.32. The minimum atomic E-state index is 0.731. The van der Waals surface area contributed by atoms with Crippen molar-refractivity contribution in [1.29, 1.82) is 0 Å². The van der Waals surface area contributed by atoms with Crippen LogP contribution >= 0.6 is 0 Å². The van der Waals surface area contributed by atoms with Gasteiger partial charge in [0.2, 0.25) is 0 Å². The molecule has 1 aliphatic carbocycles. The summed E-state index contributed by atoms with van der Waals surface area (Å²) in [6, 6.07) is 7.57. The first-order chi connectivity index (χ1) is 9.26. The third-order valence-corrected chi connectivity index (χ3v) is 3.75. The molecule has 1 N–H and O–H groups in total. The van der Waals surface area contributed by atoms with E-state index in [1.54, 1.807) is 7.11 Å². The van der Waals surface area contributed by atoms with Crippen LogP contribution in [0.15, 0.2) is 18.2 Å². The average Bonchev–Trinajstić information content (AvgIpc) is 3.23. The lowest BCUT2D eigenvalue weighted by Gasteiger charge is -2.25. The van der Waals surface area contributed by atoms with Crippen molar-refractivity contribution < 1.29 is 4.74 Å². The van der Waals surface area contributed by atoms with E-state index in [1.165, 1.54) is 29.7 Å². The molecule has 1 fully saturated rings. The molecule has 0 saturated heterocycles. The van der Waals surface area contributed by atoms with Crippen molar-refractivity contribution in [3.05, 3.63) is 29.3 Å². The summed E-state index contributed by atoms with van der Waals surface area (Å²) >= 11 is 0. The number of nitrogens with one attached hydrogen (secondary N) is 1. The smallest absolute Gasteiger partial charge is 0.0637 e. The molecule has 106 valence electrons. The molecule has 3 heteroatoms. The fraction of sp³-hybridized carbons (Fsp3) is 0.625. The number of ether oxygens (including phenoxy) is 1. The largest absolute Gasteiger partial charge is 0.383 e. The van der Waals surface area contributed by atoms with Crippen molar-refractivity contribution in [1.82, 2.24) is 5.32 Å². The van der Waals surface area contributed by atoms with E-state index in [2.05, 4.69) is 42.3 Å². The van der Waals surface area contributed by atoms with Gasteiger partial charge < -0.3 is 15.0 Å². The summed E-state index contributed by atoms with van der Waals surface area (Å²) in [5.74, 6) is 0. The second-order valence-corrected chi connectivity index (χ2v) is 5.31. The van der Waals surface area contributed by atoms with E-state index in [1.807, 2.05) is 0 Å². The summed E-state index contributed by atoms with van der Waals surface area (Å²) in [5.41, 5.74) is 4.12. The molecule has 0 heterocycles. The van der Waals surface area contributed by atoms with Crippen molar-refractivity contribution in [3.63, 3.8) is 0 Å². The molecule has 19 heavy (non-hydrogen) atoms. The van der Waals surface area contributed by atoms with Gasteiger partial charge >= 0.3 is 0 Å². The molecular weight excluding hydrogens is 236 g/mol. The molecule has 3 nitrogen and oxygen atoms in total. The Kier molecular flexibility index (Phi) is 5.23. The summed E-state index contributed by atoms with van der Waals surface area (Å²) in [7, 11) is 1.77. The van der Waals surface area contributed by atoms with Gasteiger partial charge in [-0.05, 0) is 49.6 Å². The number of rotatable bonds is 8. The van der Waals surface area contributed by atoms with E-state index in [0.29, 0.717) is 0 Å². The Morgan fingerprint density at radius 1 is 1.37 bits per heavy atom. The van der Waals surface area contributed by atoms with Gasteiger partial charge in [-0.25, -0.2) is 0 Å². The normalized spacial score (nSPS) is 14.7. The Morgan fingerprint density at radius 2 is 2.16 bits per heavy atom. The summed E-state index contributed by atoms with van der Waals surface area (Å²) in [6.45, 7) is 8.12. The third-order valence-electron chi connectivity index (χ3n) is 3.75. The number of aryl methyl sites for hydroxylation is 1. The highest BCUT2D eigenvalue weighted by atomic mass is 16.5. The highest BCUT2D eigenvalue weighted by molar-refractivity contribution is 5.52. The van der Waals surface area contributed by atoms with Gasteiger partial charge in [0.25, 0.3) is 0 Å². The van der Waals surface area contributed by atoms with Gasteiger partial charge in [-0.15, -0.1) is 0 Å². The van der Waals surface area contributed by atoms with Crippen molar-refractivity contribution in [2.75, 3.05) is 31.7 Å². The maximum Gasteiger partial charge on any atom is 0.0637 e. The molecule has 2 rings (SSSR count). The van der Waals surface area contributed by atoms with E-state index in [4.69, 9.17) is 4.74 Å². The van der Waals surface area contributed by atoms with Crippen molar-refractivity contribution in [2.24, 2.45) is 0 Å². The minimum Gasteiger partial charge on any atom is -0.383 e. The second-order valence-electron chi connectivity index (χ2n) is 5.31. The van der Waals surface area contributed by atoms with Crippen LogP contribution in [-0.2, 0) is 11.3 Å².